The number of aromatic nitrogens is 3. The van der Waals surface area contributed by atoms with E-state index in [1.165, 1.54) is 0 Å². The van der Waals surface area contributed by atoms with Gasteiger partial charge in [0.1, 0.15) is 5.69 Å². The molecule has 2 N–H and O–H groups in total. The average Bonchev–Trinajstić information content (AvgIpc) is 2.98. The van der Waals surface area contributed by atoms with Gasteiger partial charge in [0.25, 0.3) is 5.56 Å². The number of nitrogens with zero attached hydrogens (tertiary/aromatic N) is 2. The molecule has 26 heavy (non-hydrogen) atoms. The maximum Gasteiger partial charge on any atom is 0.270 e. The number of H-pyrrole nitrogens is 1. The maximum absolute atomic E-state index is 12.1. The largest absolute Gasteiger partial charge is 0.351 e. The van der Waals surface area contributed by atoms with Crippen molar-refractivity contribution < 1.29 is 4.79 Å². The number of hydrogen-bond acceptors (Lipinski definition) is 5. The molecule has 0 radical (unpaired) electrons. The van der Waals surface area contributed by atoms with Gasteiger partial charge in [0.15, 0.2) is 0 Å². The molecule has 3 aromatic rings. The van der Waals surface area contributed by atoms with E-state index in [0.717, 1.165) is 33.9 Å². The molecule has 0 bridgehead atoms. The summed E-state index contributed by atoms with van der Waals surface area (Å²) in [7, 11) is 0. The Balaban J connectivity index is 1.57. The van der Waals surface area contributed by atoms with Crippen LogP contribution in [-0.2, 0) is 24.2 Å². The molecule has 0 saturated heterocycles. The SMILES string of the molecule is CCCc1nc(C)c(CNC(=O)CCc2nc3ccccc3[nH]c2=O)s1. The second-order valence-electron chi connectivity index (χ2n) is 6.17. The second-order valence-corrected chi connectivity index (χ2v) is 7.34. The zero-order valence-corrected chi connectivity index (χ0v) is 15.8. The van der Waals surface area contributed by atoms with Crippen LogP contribution in [0.25, 0.3) is 11.0 Å². The minimum atomic E-state index is -0.237. The van der Waals surface area contributed by atoms with E-state index in [9.17, 15) is 9.59 Å². The first-order chi connectivity index (χ1) is 12.6. The summed E-state index contributed by atoms with van der Waals surface area (Å²) < 4.78 is 0. The fourth-order valence-electron chi connectivity index (χ4n) is 2.71. The lowest BCUT2D eigenvalue weighted by molar-refractivity contribution is -0.121. The number of aryl methyl sites for hydroxylation is 3. The molecule has 0 atom stereocenters. The Hall–Kier alpha value is -2.54. The second kappa shape index (κ2) is 8.23. The van der Waals surface area contributed by atoms with E-state index in [2.05, 4.69) is 27.2 Å². The molecule has 0 saturated carbocycles. The molecule has 2 heterocycles. The van der Waals surface area contributed by atoms with Gasteiger partial charge < -0.3 is 10.3 Å². The summed E-state index contributed by atoms with van der Waals surface area (Å²) in [4.78, 5) is 37.0. The van der Waals surface area contributed by atoms with Gasteiger partial charge in [-0.15, -0.1) is 11.3 Å². The van der Waals surface area contributed by atoms with Crippen LogP contribution in [0.1, 0.15) is 41.0 Å². The molecule has 3 rings (SSSR count). The van der Waals surface area contributed by atoms with Crippen molar-refractivity contribution in [3.63, 3.8) is 0 Å². The van der Waals surface area contributed by atoms with E-state index in [0.29, 0.717) is 24.2 Å². The first kappa shape index (κ1) is 18.3. The lowest BCUT2D eigenvalue weighted by Gasteiger charge is -2.05. The standard InChI is InChI=1S/C19H22N4O2S/c1-3-6-18-21-12(2)16(26-18)11-20-17(24)10-9-15-19(25)23-14-8-5-4-7-13(14)22-15/h4-5,7-8H,3,6,9-11H2,1-2H3,(H,20,24)(H,23,25). The van der Waals surface area contributed by atoms with Crippen molar-refractivity contribution in [1.82, 2.24) is 20.3 Å². The van der Waals surface area contributed by atoms with Gasteiger partial charge >= 0.3 is 0 Å². The van der Waals surface area contributed by atoms with Gasteiger partial charge in [-0.1, -0.05) is 19.1 Å². The Bertz CT molecular complexity index is 977. The van der Waals surface area contributed by atoms with Gasteiger partial charge in [-0.05, 0) is 31.9 Å². The predicted molar refractivity (Wildman–Crippen MR) is 103 cm³/mol. The smallest absolute Gasteiger partial charge is 0.270 e. The predicted octanol–water partition coefficient (Wildman–Crippen LogP) is 2.89. The third-order valence-electron chi connectivity index (χ3n) is 4.11. The Labute approximate surface area is 155 Å². The van der Waals surface area contributed by atoms with Gasteiger partial charge in [-0.2, -0.15) is 0 Å². The summed E-state index contributed by atoms with van der Waals surface area (Å²) in [5, 5.41) is 4.03. The molecule has 0 aliphatic heterocycles. The minimum Gasteiger partial charge on any atom is -0.351 e. The molecule has 6 nitrogen and oxygen atoms in total. The van der Waals surface area contributed by atoms with Gasteiger partial charge in [0.2, 0.25) is 5.91 Å². The number of aromatic amines is 1. The maximum atomic E-state index is 12.1. The molecule has 0 aliphatic carbocycles. The van der Waals surface area contributed by atoms with Crippen molar-refractivity contribution in [3.05, 3.63) is 55.9 Å². The molecule has 7 heteroatoms. The number of benzene rings is 1. The van der Waals surface area contributed by atoms with Gasteiger partial charge in [-0.3, -0.25) is 9.59 Å². The van der Waals surface area contributed by atoms with E-state index in [4.69, 9.17) is 0 Å². The summed E-state index contributed by atoms with van der Waals surface area (Å²) in [5.74, 6) is -0.0933. The van der Waals surface area contributed by atoms with E-state index in [-0.39, 0.29) is 17.9 Å². The normalized spacial score (nSPS) is 11.0. The molecule has 136 valence electrons. The van der Waals surface area contributed by atoms with Crippen LogP contribution in [0.2, 0.25) is 0 Å². The van der Waals surface area contributed by atoms with Crippen molar-refractivity contribution in [3.8, 4) is 0 Å². The number of hydrogen-bond donors (Lipinski definition) is 2. The van der Waals surface area contributed by atoms with Crippen LogP contribution in [0.5, 0.6) is 0 Å². The molecule has 1 aromatic carbocycles. The van der Waals surface area contributed by atoms with Crippen LogP contribution >= 0.6 is 11.3 Å². The Morgan fingerprint density at radius 1 is 1.23 bits per heavy atom. The van der Waals surface area contributed by atoms with Crippen LogP contribution in [0.3, 0.4) is 0 Å². The Morgan fingerprint density at radius 2 is 2.04 bits per heavy atom. The number of carbonyl (C=O) groups excluding carboxylic acids is 1. The number of nitrogens with one attached hydrogen (secondary N) is 2. The number of para-hydroxylation sites is 2. The van der Waals surface area contributed by atoms with Gasteiger partial charge in [0, 0.05) is 17.7 Å². The summed E-state index contributed by atoms with van der Waals surface area (Å²) >= 11 is 1.65. The lowest BCUT2D eigenvalue weighted by atomic mass is 10.2. The number of fused-ring (bicyclic) bond motifs is 1. The summed E-state index contributed by atoms with van der Waals surface area (Å²) in [6, 6.07) is 7.37. The third-order valence-corrected chi connectivity index (χ3v) is 5.32. The zero-order valence-electron chi connectivity index (χ0n) is 15.0. The van der Waals surface area contributed by atoms with Crippen LogP contribution in [0.4, 0.5) is 0 Å². The number of thiazole rings is 1. The highest BCUT2D eigenvalue weighted by Gasteiger charge is 2.11. The minimum absolute atomic E-state index is 0.0933. The van der Waals surface area contributed by atoms with Crippen LogP contribution in [0.15, 0.2) is 29.1 Å². The van der Waals surface area contributed by atoms with Crippen LogP contribution in [0, 0.1) is 6.92 Å². The molecule has 0 fully saturated rings. The highest BCUT2D eigenvalue weighted by atomic mass is 32.1. The van der Waals surface area contributed by atoms with Crippen molar-refractivity contribution in [1.29, 1.82) is 0 Å². The molecular formula is C19H22N4O2S. The quantitative estimate of drug-likeness (QED) is 0.669. The lowest BCUT2D eigenvalue weighted by Crippen LogP contribution is -2.24. The fraction of sp³-hybridized carbons (Fsp3) is 0.368. The van der Waals surface area contributed by atoms with E-state index < -0.39 is 0 Å². The molecular weight excluding hydrogens is 348 g/mol. The molecule has 1 amide bonds. The molecule has 0 spiro atoms. The number of carbonyl (C=O) groups is 1. The Kier molecular flexibility index (Phi) is 5.78. The number of rotatable bonds is 7. The summed E-state index contributed by atoms with van der Waals surface area (Å²) in [6.45, 7) is 4.57. The molecule has 0 aliphatic rings. The van der Waals surface area contributed by atoms with Crippen molar-refractivity contribution in [2.45, 2.75) is 46.1 Å². The fourth-order valence-corrected chi connectivity index (χ4v) is 3.82. The van der Waals surface area contributed by atoms with Crippen LogP contribution in [-0.4, -0.2) is 20.9 Å². The third kappa shape index (κ3) is 4.35. The molecule has 0 unspecified atom stereocenters. The Morgan fingerprint density at radius 3 is 2.85 bits per heavy atom. The monoisotopic (exact) mass is 370 g/mol. The topological polar surface area (TPSA) is 87.7 Å². The average molecular weight is 370 g/mol. The number of amides is 1. The summed E-state index contributed by atoms with van der Waals surface area (Å²) in [5.41, 5.74) is 2.56. The first-order valence-corrected chi connectivity index (χ1v) is 9.58. The van der Waals surface area contributed by atoms with E-state index in [1.54, 1.807) is 11.3 Å². The van der Waals surface area contributed by atoms with Crippen molar-refractivity contribution in [2.24, 2.45) is 0 Å². The zero-order chi connectivity index (χ0) is 18.5. The van der Waals surface area contributed by atoms with Crippen molar-refractivity contribution in [2.75, 3.05) is 0 Å². The highest BCUT2D eigenvalue weighted by molar-refractivity contribution is 7.11. The highest BCUT2D eigenvalue weighted by Crippen LogP contribution is 2.19. The van der Waals surface area contributed by atoms with Crippen molar-refractivity contribution >= 4 is 28.3 Å². The van der Waals surface area contributed by atoms with Gasteiger partial charge in [0.05, 0.1) is 28.3 Å². The first-order valence-electron chi connectivity index (χ1n) is 8.76. The van der Waals surface area contributed by atoms with E-state index in [1.807, 2.05) is 31.2 Å². The van der Waals surface area contributed by atoms with Gasteiger partial charge in [-0.25, -0.2) is 9.97 Å². The molecule has 2 aromatic heterocycles. The summed E-state index contributed by atoms with van der Waals surface area (Å²) in [6.07, 6.45) is 2.57. The van der Waals surface area contributed by atoms with Crippen LogP contribution < -0.4 is 10.9 Å². The van der Waals surface area contributed by atoms with E-state index >= 15 is 0 Å².